The minimum absolute atomic E-state index is 0. The second kappa shape index (κ2) is 15.7. The fraction of sp³-hybridized carbons (Fsp3) is 0.522. The predicted molar refractivity (Wildman–Crippen MR) is 112 cm³/mol. The first-order chi connectivity index (χ1) is 12.2. The van der Waals surface area contributed by atoms with Crippen molar-refractivity contribution in [2.45, 2.75) is 72.6 Å². The summed E-state index contributed by atoms with van der Waals surface area (Å²) in [6.07, 6.45) is 15.5. The summed E-state index contributed by atoms with van der Waals surface area (Å²) < 4.78 is 5.85. The van der Waals surface area contributed by atoms with Crippen LogP contribution in [-0.2, 0) is 17.1 Å². The Balaban J connectivity index is 0.000000893. The second-order valence-electron chi connectivity index (χ2n) is 7.07. The average molecular weight is 503 g/mol. The molecule has 0 bridgehead atoms. The molecule has 0 spiro atoms. The van der Waals surface area contributed by atoms with Crippen molar-refractivity contribution in [1.29, 1.82) is 0 Å². The summed E-state index contributed by atoms with van der Waals surface area (Å²) in [6, 6.07) is 10.0. The number of allylic oxidation sites excluding steroid dienone is 5. The minimum atomic E-state index is -2.36. The van der Waals surface area contributed by atoms with Gasteiger partial charge in [-0.2, -0.15) is 18.2 Å². The van der Waals surface area contributed by atoms with Crippen molar-refractivity contribution in [3.63, 3.8) is 0 Å². The molecule has 0 saturated heterocycles. The molecule has 1 nitrogen and oxygen atoms in total. The summed E-state index contributed by atoms with van der Waals surface area (Å²) in [5, 5.41) is 11.4. The summed E-state index contributed by atoms with van der Waals surface area (Å²) in [5.74, 6) is 0. The standard InChI is InChI=1S/C6H5O.C5H5.3C4H9.Fe.Sn/c7-5-6-3-1-2-4-6;1-2-4-5-3-1;3*1-3-4-2;;/h1-3,5,7H;1-5H;3*1,3-4H2,2H3;;/q;-1;;;;+2;/p-1. The molecule has 0 N–H and O–H groups in total. The summed E-state index contributed by atoms with van der Waals surface area (Å²) in [5.41, 5.74) is 1.02. The zero-order chi connectivity index (χ0) is 18.4. The van der Waals surface area contributed by atoms with E-state index in [1.165, 1.54) is 55.4 Å². The number of unbranched alkanes of at least 4 members (excludes halogenated alkanes) is 3. The molecule has 0 heterocycles. The van der Waals surface area contributed by atoms with E-state index < -0.39 is 18.4 Å². The van der Waals surface area contributed by atoms with Gasteiger partial charge in [-0.3, -0.25) is 0 Å². The van der Waals surface area contributed by atoms with Gasteiger partial charge in [0.1, 0.15) is 0 Å². The summed E-state index contributed by atoms with van der Waals surface area (Å²) in [6.45, 7) is 6.88. The number of rotatable bonds is 10. The molecule has 0 saturated carbocycles. The van der Waals surface area contributed by atoms with Gasteiger partial charge in [0.2, 0.25) is 0 Å². The Hall–Kier alpha value is -0.312. The molecule has 0 radical (unpaired) electrons. The van der Waals surface area contributed by atoms with Gasteiger partial charge in [-0.25, -0.2) is 12.1 Å². The van der Waals surface area contributed by atoms with Crippen molar-refractivity contribution in [2.24, 2.45) is 0 Å². The molecule has 0 unspecified atom stereocenters. The van der Waals surface area contributed by atoms with Crippen LogP contribution in [0.4, 0.5) is 0 Å². The maximum Gasteiger partial charge on any atom is 2.00 e. The Bertz CT molecular complexity index is 489. The Morgan fingerprint density at radius 3 is 1.77 bits per heavy atom. The average Bonchev–Trinajstić information content (AvgIpc) is 3.36. The van der Waals surface area contributed by atoms with E-state index >= 15 is 0 Å². The molecule has 2 rings (SSSR count). The molecule has 0 atom stereocenters. The van der Waals surface area contributed by atoms with Crippen LogP contribution in [0.1, 0.15) is 59.3 Å². The van der Waals surface area contributed by atoms with E-state index in [9.17, 15) is 5.11 Å². The van der Waals surface area contributed by atoms with Crippen molar-refractivity contribution >= 4 is 18.4 Å². The van der Waals surface area contributed by atoms with Crippen LogP contribution in [0.2, 0.25) is 13.3 Å². The third kappa shape index (κ3) is 8.58. The molecule has 0 fully saturated rings. The van der Waals surface area contributed by atoms with Crippen LogP contribution in [-0.4, -0.2) is 18.4 Å². The van der Waals surface area contributed by atoms with E-state index in [1.54, 1.807) is 0 Å². The quantitative estimate of drug-likeness (QED) is 0.203. The molecule has 1 aliphatic carbocycles. The van der Waals surface area contributed by atoms with E-state index in [0.717, 1.165) is 11.8 Å². The predicted octanol–water partition coefficient (Wildman–Crippen LogP) is 6.52. The van der Waals surface area contributed by atoms with Gasteiger partial charge in [0.25, 0.3) is 0 Å². The molecular formula is C23H36FeOSn. The van der Waals surface area contributed by atoms with Gasteiger partial charge in [0, 0.05) is 0 Å². The molecular weight excluding hydrogens is 467 g/mol. The maximum absolute atomic E-state index is 11.4. The molecule has 1 aliphatic rings. The molecule has 1 aromatic rings. The third-order valence-electron chi connectivity index (χ3n) is 5.13. The number of hydrogen-bond donors (Lipinski definition) is 0. The van der Waals surface area contributed by atoms with Crippen LogP contribution >= 0.6 is 0 Å². The Kier molecular flexibility index (Phi) is 15.5. The van der Waals surface area contributed by atoms with Crippen LogP contribution in [0.25, 0.3) is 0 Å². The smallest absolute Gasteiger partial charge is 0.214 e. The summed E-state index contributed by atoms with van der Waals surface area (Å²) in [7, 11) is 0. The third-order valence-corrected chi connectivity index (χ3v) is 20.9. The van der Waals surface area contributed by atoms with Crippen molar-refractivity contribution in [3.05, 3.63) is 64.0 Å². The van der Waals surface area contributed by atoms with Crippen molar-refractivity contribution in [2.75, 3.05) is 0 Å². The minimum Gasteiger partial charge on any atom is -0.214 e. The molecule has 0 aromatic heterocycles. The summed E-state index contributed by atoms with van der Waals surface area (Å²) >= 11 is -2.36. The summed E-state index contributed by atoms with van der Waals surface area (Å²) in [4.78, 5) is 0. The molecule has 26 heavy (non-hydrogen) atoms. The van der Waals surface area contributed by atoms with E-state index in [4.69, 9.17) is 0 Å². The van der Waals surface area contributed by atoms with Crippen LogP contribution in [0, 0.1) is 0 Å². The van der Waals surface area contributed by atoms with Gasteiger partial charge < -0.3 is 0 Å². The number of hydrogen-bond acceptors (Lipinski definition) is 1. The van der Waals surface area contributed by atoms with E-state index in [-0.39, 0.29) is 17.1 Å². The topological polar surface area (TPSA) is 23.1 Å². The zero-order valence-electron chi connectivity index (χ0n) is 16.8. The fourth-order valence-electron chi connectivity index (χ4n) is 3.66. The SMILES string of the molecule is CCC[CH2][Sn]([CH2]CCC)([CH2]CCC)[C]1=CC=CC1=C[O-].[Fe+2].c1cc[cH-]c1. The first-order valence-electron chi connectivity index (χ1n) is 10.1. The molecule has 1 aromatic carbocycles. The molecule has 146 valence electrons. The zero-order valence-corrected chi connectivity index (χ0v) is 20.8. The van der Waals surface area contributed by atoms with E-state index in [1.807, 2.05) is 36.4 Å². The molecule has 3 heteroatoms. The van der Waals surface area contributed by atoms with E-state index in [2.05, 4.69) is 32.9 Å². The normalized spacial score (nSPS) is 14.6. The van der Waals surface area contributed by atoms with Gasteiger partial charge in [-0.1, -0.05) is 0 Å². The van der Waals surface area contributed by atoms with Gasteiger partial charge >= 0.3 is 147 Å². The van der Waals surface area contributed by atoms with E-state index in [0.29, 0.717) is 0 Å². The van der Waals surface area contributed by atoms with Gasteiger partial charge in [-0.05, 0) is 0 Å². The monoisotopic (exact) mass is 504 g/mol. The Morgan fingerprint density at radius 1 is 0.923 bits per heavy atom. The Labute approximate surface area is 176 Å². The molecule has 0 amide bonds. The Morgan fingerprint density at radius 2 is 1.42 bits per heavy atom. The van der Waals surface area contributed by atoms with Crippen LogP contribution in [0.5, 0.6) is 0 Å². The van der Waals surface area contributed by atoms with Gasteiger partial charge in [0.15, 0.2) is 0 Å². The van der Waals surface area contributed by atoms with Gasteiger partial charge in [-0.15, -0.1) is 0 Å². The van der Waals surface area contributed by atoms with Crippen LogP contribution < -0.4 is 5.11 Å². The van der Waals surface area contributed by atoms with Crippen molar-refractivity contribution in [1.82, 2.24) is 0 Å². The fourth-order valence-corrected chi connectivity index (χ4v) is 20.4. The first-order valence-corrected chi connectivity index (χ1v) is 17.6. The van der Waals surface area contributed by atoms with Crippen molar-refractivity contribution in [3.8, 4) is 0 Å². The molecule has 0 aliphatic heterocycles. The van der Waals surface area contributed by atoms with Crippen LogP contribution in [0.15, 0.2) is 64.0 Å². The second-order valence-corrected chi connectivity index (χ2v) is 20.2. The van der Waals surface area contributed by atoms with Crippen LogP contribution in [0.3, 0.4) is 0 Å². The van der Waals surface area contributed by atoms with Gasteiger partial charge in [0.05, 0.1) is 0 Å². The first kappa shape index (κ1) is 25.7. The van der Waals surface area contributed by atoms with Crippen molar-refractivity contribution < 1.29 is 22.2 Å². The largest absolute Gasteiger partial charge is 2.00 e. The maximum atomic E-state index is 11.4.